The molecule has 1 aromatic rings. The van der Waals surface area contributed by atoms with Crippen LogP contribution in [-0.4, -0.2) is 34.1 Å². The Morgan fingerprint density at radius 3 is 3.06 bits per heavy atom. The van der Waals surface area contributed by atoms with E-state index in [0.29, 0.717) is 0 Å². The van der Waals surface area contributed by atoms with Gasteiger partial charge in [0.1, 0.15) is 11.4 Å². The van der Waals surface area contributed by atoms with Gasteiger partial charge in [-0.1, -0.05) is 23.1 Å². The third-order valence-electron chi connectivity index (χ3n) is 2.10. The number of rotatable bonds is 4. The van der Waals surface area contributed by atoms with Crippen molar-refractivity contribution in [3.8, 4) is 0 Å². The van der Waals surface area contributed by atoms with Crippen LogP contribution in [0.25, 0.3) is 0 Å². The van der Waals surface area contributed by atoms with E-state index in [1.54, 1.807) is 0 Å². The quantitative estimate of drug-likeness (QED) is 0.831. The topological polar surface area (TPSA) is 64.1 Å². The molecule has 16 heavy (non-hydrogen) atoms. The van der Waals surface area contributed by atoms with Crippen LogP contribution in [-0.2, 0) is 9.53 Å². The maximum atomic E-state index is 11.4. The maximum Gasteiger partial charge on any atom is 0.319 e. The van der Waals surface area contributed by atoms with E-state index < -0.39 is 0 Å². The van der Waals surface area contributed by atoms with Crippen LogP contribution in [0.1, 0.15) is 20.3 Å². The summed E-state index contributed by atoms with van der Waals surface area (Å²) >= 11 is 2.91. The molecular weight excluding hydrogens is 246 g/mol. The lowest BCUT2D eigenvalue weighted by molar-refractivity contribution is -0.140. The van der Waals surface area contributed by atoms with Gasteiger partial charge in [0.25, 0.3) is 0 Å². The Morgan fingerprint density at radius 1 is 1.62 bits per heavy atom. The number of aromatic nitrogens is 2. The Labute approximate surface area is 102 Å². The summed E-state index contributed by atoms with van der Waals surface area (Å²) in [5.74, 6) is -0.141. The summed E-state index contributed by atoms with van der Waals surface area (Å²) < 4.78 is 5.89. The second-order valence-electron chi connectivity index (χ2n) is 3.49. The second kappa shape index (κ2) is 5.01. The van der Waals surface area contributed by atoms with Crippen LogP contribution in [0, 0.1) is 0 Å². The second-order valence-corrected chi connectivity index (χ2v) is 5.92. The van der Waals surface area contributed by atoms with Gasteiger partial charge in [-0.2, -0.15) is 0 Å². The minimum atomic E-state index is -0.141. The lowest BCUT2D eigenvalue weighted by Gasteiger charge is -1.99. The molecule has 2 heterocycles. The van der Waals surface area contributed by atoms with Gasteiger partial charge >= 0.3 is 5.97 Å². The van der Waals surface area contributed by atoms with E-state index in [-0.39, 0.29) is 17.3 Å². The smallest absolute Gasteiger partial charge is 0.319 e. The van der Waals surface area contributed by atoms with Gasteiger partial charge in [0.15, 0.2) is 4.34 Å². The van der Waals surface area contributed by atoms with Crippen molar-refractivity contribution >= 4 is 34.2 Å². The fourth-order valence-electron chi connectivity index (χ4n) is 1.42. The Bertz CT molecular complexity index is 383. The number of nitrogens with one attached hydrogen (secondary N) is 1. The number of carbonyl (C=O) groups excluding carboxylic acids is 1. The number of nitrogens with zero attached hydrogens (tertiary/aromatic N) is 2. The first-order chi connectivity index (χ1) is 7.69. The number of ether oxygens (including phenoxy) is 1. The van der Waals surface area contributed by atoms with Crippen molar-refractivity contribution in [3.05, 3.63) is 0 Å². The normalized spacial score (nSPS) is 24.5. The number of thioether (sulfide) groups is 1. The predicted molar refractivity (Wildman–Crippen MR) is 63.9 cm³/mol. The minimum Gasteiger partial charge on any atom is -0.462 e. The summed E-state index contributed by atoms with van der Waals surface area (Å²) in [4.78, 5) is 11.4. The Morgan fingerprint density at radius 2 is 2.44 bits per heavy atom. The van der Waals surface area contributed by atoms with Crippen LogP contribution < -0.4 is 5.32 Å². The molecule has 1 saturated heterocycles. The highest BCUT2D eigenvalue weighted by atomic mass is 32.2. The molecule has 0 spiro atoms. The first-order valence-electron chi connectivity index (χ1n) is 5.13. The number of carbonyl (C=O) groups is 1. The van der Waals surface area contributed by atoms with Crippen molar-refractivity contribution in [2.75, 3.05) is 11.9 Å². The largest absolute Gasteiger partial charge is 0.462 e. The Balaban J connectivity index is 1.95. The molecule has 0 saturated carbocycles. The first-order valence-corrected chi connectivity index (χ1v) is 6.83. The summed E-state index contributed by atoms with van der Waals surface area (Å²) in [5, 5.41) is 11.8. The van der Waals surface area contributed by atoms with E-state index >= 15 is 0 Å². The first kappa shape index (κ1) is 11.7. The van der Waals surface area contributed by atoms with Gasteiger partial charge < -0.3 is 10.1 Å². The maximum absolute atomic E-state index is 11.4. The average molecular weight is 259 g/mol. The van der Waals surface area contributed by atoms with Crippen LogP contribution in [0.4, 0.5) is 5.13 Å². The number of esters is 1. The summed E-state index contributed by atoms with van der Waals surface area (Å²) in [6.45, 7) is 4.73. The van der Waals surface area contributed by atoms with Gasteiger partial charge in [-0.3, -0.25) is 4.79 Å². The van der Waals surface area contributed by atoms with E-state index in [9.17, 15) is 4.79 Å². The third kappa shape index (κ3) is 2.65. The van der Waals surface area contributed by atoms with Gasteiger partial charge in [-0.05, 0) is 13.8 Å². The van der Waals surface area contributed by atoms with E-state index in [4.69, 9.17) is 4.74 Å². The molecule has 2 unspecified atom stereocenters. The van der Waals surface area contributed by atoms with Gasteiger partial charge in [-0.25, -0.2) is 0 Å². The van der Waals surface area contributed by atoms with Gasteiger partial charge in [0, 0.05) is 13.0 Å². The monoisotopic (exact) mass is 259 g/mol. The van der Waals surface area contributed by atoms with Gasteiger partial charge in [-0.15, -0.1) is 10.2 Å². The fourth-order valence-corrected chi connectivity index (χ4v) is 3.59. The van der Waals surface area contributed by atoms with Crippen LogP contribution in [0.5, 0.6) is 0 Å². The van der Waals surface area contributed by atoms with E-state index in [1.165, 1.54) is 23.1 Å². The van der Waals surface area contributed by atoms with Crippen molar-refractivity contribution < 1.29 is 9.53 Å². The fraction of sp³-hybridized carbons (Fsp3) is 0.667. The van der Waals surface area contributed by atoms with Crippen molar-refractivity contribution in [1.29, 1.82) is 0 Å². The molecule has 5 nitrogen and oxygen atoms in total. The minimum absolute atomic E-state index is 0.0196. The molecule has 0 amide bonds. The molecule has 0 bridgehead atoms. The molecule has 2 atom stereocenters. The van der Waals surface area contributed by atoms with Crippen molar-refractivity contribution in [3.63, 3.8) is 0 Å². The summed E-state index contributed by atoms with van der Waals surface area (Å²) in [7, 11) is 0. The van der Waals surface area contributed by atoms with Crippen molar-refractivity contribution in [2.24, 2.45) is 0 Å². The molecule has 1 aliphatic heterocycles. The van der Waals surface area contributed by atoms with E-state index in [2.05, 4.69) is 15.5 Å². The number of anilines is 1. The molecule has 2 rings (SSSR count). The molecule has 1 N–H and O–H groups in total. The van der Waals surface area contributed by atoms with Crippen LogP contribution in [0.15, 0.2) is 4.34 Å². The summed E-state index contributed by atoms with van der Waals surface area (Å²) in [5.41, 5.74) is 0. The lowest BCUT2D eigenvalue weighted by atomic mass is 10.3. The molecule has 7 heteroatoms. The van der Waals surface area contributed by atoms with Gasteiger partial charge in [0.2, 0.25) is 5.13 Å². The zero-order chi connectivity index (χ0) is 11.5. The summed E-state index contributed by atoms with van der Waals surface area (Å²) in [6.07, 6.45) is 0.769. The lowest BCUT2D eigenvalue weighted by Crippen LogP contribution is -2.08. The Hall–Kier alpha value is -0.820. The number of hydrogen-bond acceptors (Lipinski definition) is 7. The highest BCUT2D eigenvalue weighted by molar-refractivity contribution is 8.02. The zero-order valence-electron chi connectivity index (χ0n) is 9.10. The standard InChI is InChI=1S/C9H13N3O2S2/c1-3-10-8-11-12-9(16-8)15-6-4-5(2)14-7(6)13/h5-6H,3-4H2,1-2H3,(H,10,11). The molecule has 0 radical (unpaired) electrons. The highest BCUT2D eigenvalue weighted by Gasteiger charge is 2.33. The van der Waals surface area contributed by atoms with Crippen LogP contribution in [0.3, 0.4) is 0 Å². The number of hydrogen-bond donors (Lipinski definition) is 1. The Kier molecular flexibility index (Phi) is 3.65. The predicted octanol–water partition coefficient (Wildman–Crippen LogP) is 1.77. The molecular formula is C9H13N3O2S2. The van der Waals surface area contributed by atoms with Crippen molar-refractivity contribution in [2.45, 2.75) is 36.0 Å². The van der Waals surface area contributed by atoms with Crippen molar-refractivity contribution in [1.82, 2.24) is 10.2 Å². The molecule has 1 aromatic heterocycles. The van der Waals surface area contributed by atoms with E-state index in [1.807, 2.05) is 13.8 Å². The number of cyclic esters (lactones) is 1. The van der Waals surface area contributed by atoms with E-state index in [0.717, 1.165) is 22.4 Å². The molecule has 1 aliphatic rings. The molecule has 0 aromatic carbocycles. The zero-order valence-corrected chi connectivity index (χ0v) is 10.7. The molecule has 1 fully saturated rings. The molecule has 88 valence electrons. The summed E-state index contributed by atoms with van der Waals surface area (Å²) in [6, 6.07) is 0. The average Bonchev–Trinajstić information content (AvgIpc) is 2.76. The SMILES string of the molecule is CCNc1nnc(SC2CC(C)OC2=O)s1. The van der Waals surface area contributed by atoms with Gasteiger partial charge in [0.05, 0.1) is 0 Å². The van der Waals surface area contributed by atoms with Crippen LogP contribution in [0.2, 0.25) is 0 Å². The van der Waals surface area contributed by atoms with Crippen LogP contribution >= 0.6 is 23.1 Å². The molecule has 0 aliphatic carbocycles. The third-order valence-corrected chi connectivity index (χ3v) is 4.27. The highest BCUT2D eigenvalue weighted by Crippen LogP contribution is 2.34.